The Morgan fingerprint density at radius 1 is 1.67 bits per heavy atom. The first-order valence-electron chi connectivity index (χ1n) is 3.38. The molecule has 0 aromatic heterocycles. The van der Waals surface area contributed by atoms with E-state index in [-0.39, 0.29) is 6.61 Å². The summed E-state index contributed by atoms with van der Waals surface area (Å²) in [6.45, 7) is 2.47. The molecule has 1 saturated carbocycles. The van der Waals surface area contributed by atoms with Crippen LogP contribution in [0.4, 0.5) is 0 Å². The number of rotatable bonds is 3. The molecule has 0 unspecified atom stereocenters. The Morgan fingerprint density at radius 2 is 2.33 bits per heavy atom. The molecule has 0 spiro atoms. The van der Waals surface area contributed by atoms with Gasteiger partial charge in [-0.25, -0.2) is 0 Å². The average molecular weight is 128 g/mol. The highest BCUT2D eigenvalue weighted by Gasteiger charge is 2.25. The van der Waals surface area contributed by atoms with Gasteiger partial charge in [0, 0.05) is 0 Å². The van der Waals surface area contributed by atoms with Gasteiger partial charge in [0.25, 0.3) is 0 Å². The monoisotopic (exact) mass is 128 g/mol. The van der Waals surface area contributed by atoms with E-state index in [0.29, 0.717) is 6.10 Å². The molecule has 0 aromatic carbocycles. The average Bonchev–Trinajstić information content (AvgIpc) is 1.78. The van der Waals surface area contributed by atoms with Gasteiger partial charge in [-0.15, -0.1) is 0 Å². The van der Waals surface area contributed by atoms with Crippen molar-refractivity contribution in [3.8, 4) is 0 Å². The van der Waals surface area contributed by atoms with Crippen LogP contribution in [0.3, 0.4) is 0 Å². The standard InChI is InChI=1S/C7H12O2/c1-6-4-7(5-6)9-3-2-8/h2,6-7H,3-5H2,1H3. The van der Waals surface area contributed by atoms with Crippen molar-refractivity contribution >= 4 is 6.29 Å². The van der Waals surface area contributed by atoms with Gasteiger partial charge in [-0.1, -0.05) is 6.92 Å². The summed E-state index contributed by atoms with van der Waals surface area (Å²) in [5.74, 6) is 0.807. The van der Waals surface area contributed by atoms with E-state index in [0.717, 1.165) is 25.0 Å². The lowest BCUT2D eigenvalue weighted by Crippen LogP contribution is -2.29. The summed E-state index contributed by atoms with van der Waals surface area (Å²) in [6, 6.07) is 0. The van der Waals surface area contributed by atoms with Crippen LogP contribution in [-0.2, 0) is 9.53 Å². The third-order valence-corrected chi connectivity index (χ3v) is 1.73. The molecule has 2 nitrogen and oxygen atoms in total. The van der Waals surface area contributed by atoms with Gasteiger partial charge >= 0.3 is 0 Å². The van der Waals surface area contributed by atoms with Crippen LogP contribution in [0.25, 0.3) is 0 Å². The van der Waals surface area contributed by atoms with Gasteiger partial charge in [0.05, 0.1) is 6.10 Å². The van der Waals surface area contributed by atoms with Gasteiger partial charge in [0.2, 0.25) is 0 Å². The predicted molar refractivity (Wildman–Crippen MR) is 34.2 cm³/mol. The summed E-state index contributed by atoms with van der Waals surface area (Å²) < 4.78 is 5.13. The SMILES string of the molecule is CC1CC(OCC=O)C1. The highest BCUT2D eigenvalue weighted by Crippen LogP contribution is 2.28. The quantitative estimate of drug-likeness (QED) is 0.530. The summed E-state index contributed by atoms with van der Waals surface area (Å²) >= 11 is 0. The minimum absolute atomic E-state index is 0.275. The van der Waals surface area contributed by atoms with E-state index in [4.69, 9.17) is 4.74 Å². The molecule has 0 heterocycles. The number of hydrogen-bond donors (Lipinski definition) is 0. The van der Waals surface area contributed by atoms with Crippen molar-refractivity contribution in [2.45, 2.75) is 25.9 Å². The molecule has 2 heteroatoms. The van der Waals surface area contributed by atoms with Crippen LogP contribution < -0.4 is 0 Å². The third-order valence-electron chi connectivity index (χ3n) is 1.73. The summed E-state index contributed by atoms with van der Waals surface area (Å²) in [7, 11) is 0. The van der Waals surface area contributed by atoms with Crippen molar-refractivity contribution in [2.75, 3.05) is 6.61 Å². The third kappa shape index (κ3) is 1.79. The van der Waals surface area contributed by atoms with Crippen LogP contribution >= 0.6 is 0 Å². The molecule has 0 amide bonds. The van der Waals surface area contributed by atoms with E-state index in [1.807, 2.05) is 0 Å². The summed E-state index contributed by atoms with van der Waals surface area (Å²) in [6.07, 6.45) is 3.45. The second kappa shape index (κ2) is 2.97. The Bertz CT molecular complexity index is 95.1. The number of aldehydes is 1. The van der Waals surface area contributed by atoms with E-state index in [1.165, 1.54) is 0 Å². The van der Waals surface area contributed by atoms with E-state index in [9.17, 15) is 4.79 Å². The Balaban J connectivity index is 1.97. The van der Waals surface area contributed by atoms with E-state index < -0.39 is 0 Å². The van der Waals surface area contributed by atoms with Crippen molar-refractivity contribution in [1.29, 1.82) is 0 Å². The minimum Gasteiger partial charge on any atom is -0.371 e. The highest BCUT2D eigenvalue weighted by molar-refractivity contribution is 5.50. The van der Waals surface area contributed by atoms with Crippen molar-refractivity contribution in [3.05, 3.63) is 0 Å². The van der Waals surface area contributed by atoms with Gasteiger partial charge in [0.1, 0.15) is 12.9 Å². The summed E-state index contributed by atoms with van der Waals surface area (Å²) in [5.41, 5.74) is 0. The number of hydrogen-bond acceptors (Lipinski definition) is 2. The van der Waals surface area contributed by atoms with Crippen molar-refractivity contribution in [3.63, 3.8) is 0 Å². The number of carbonyl (C=O) groups is 1. The second-order valence-corrected chi connectivity index (χ2v) is 2.70. The lowest BCUT2D eigenvalue weighted by atomic mass is 9.84. The van der Waals surface area contributed by atoms with Crippen molar-refractivity contribution in [1.82, 2.24) is 0 Å². The van der Waals surface area contributed by atoms with Gasteiger partial charge in [0.15, 0.2) is 0 Å². The molecule has 0 aliphatic heterocycles. The highest BCUT2D eigenvalue weighted by atomic mass is 16.5. The molecule has 0 N–H and O–H groups in total. The fourth-order valence-electron chi connectivity index (χ4n) is 1.14. The fraction of sp³-hybridized carbons (Fsp3) is 0.857. The summed E-state index contributed by atoms with van der Waals surface area (Å²) in [5, 5.41) is 0. The molecule has 0 aromatic rings. The minimum atomic E-state index is 0.275. The molecule has 0 radical (unpaired) electrons. The fourth-order valence-corrected chi connectivity index (χ4v) is 1.14. The molecule has 1 rings (SSSR count). The molecule has 9 heavy (non-hydrogen) atoms. The Morgan fingerprint density at radius 3 is 2.78 bits per heavy atom. The maximum Gasteiger partial charge on any atom is 0.145 e. The Kier molecular flexibility index (Phi) is 2.22. The zero-order valence-corrected chi connectivity index (χ0v) is 5.67. The lowest BCUT2D eigenvalue weighted by molar-refractivity contribution is -0.116. The maximum absolute atomic E-state index is 9.81. The molecular formula is C7H12O2. The largest absolute Gasteiger partial charge is 0.371 e. The van der Waals surface area contributed by atoms with E-state index >= 15 is 0 Å². The van der Waals surface area contributed by atoms with Crippen LogP contribution in [0.2, 0.25) is 0 Å². The van der Waals surface area contributed by atoms with Gasteiger partial charge in [-0.2, -0.15) is 0 Å². The molecular weight excluding hydrogens is 116 g/mol. The van der Waals surface area contributed by atoms with Crippen LogP contribution in [0.5, 0.6) is 0 Å². The van der Waals surface area contributed by atoms with Crippen LogP contribution in [0.15, 0.2) is 0 Å². The van der Waals surface area contributed by atoms with Crippen LogP contribution in [-0.4, -0.2) is 19.0 Å². The molecule has 1 aliphatic carbocycles. The van der Waals surface area contributed by atoms with Crippen LogP contribution in [0.1, 0.15) is 19.8 Å². The maximum atomic E-state index is 9.81. The number of carbonyl (C=O) groups excluding carboxylic acids is 1. The van der Waals surface area contributed by atoms with Crippen LogP contribution in [0, 0.1) is 5.92 Å². The van der Waals surface area contributed by atoms with Crippen molar-refractivity contribution in [2.24, 2.45) is 5.92 Å². The molecule has 0 atom stereocenters. The molecule has 52 valence electrons. The molecule has 0 bridgehead atoms. The zero-order chi connectivity index (χ0) is 6.69. The molecule has 0 saturated heterocycles. The first-order valence-corrected chi connectivity index (χ1v) is 3.38. The first-order chi connectivity index (χ1) is 4.33. The van der Waals surface area contributed by atoms with E-state index in [1.54, 1.807) is 0 Å². The van der Waals surface area contributed by atoms with Crippen molar-refractivity contribution < 1.29 is 9.53 Å². The lowest BCUT2D eigenvalue weighted by Gasteiger charge is -2.31. The van der Waals surface area contributed by atoms with Gasteiger partial charge < -0.3 is 9.53 Å². The second-order valence-electron chi connectivity index (χ2n) is 2.70. The Hall–Kier alpha value is -0.370. The normalized spacial score (nSPS) is 33.4. The zero-order valence-electron chi connectivity index (χ0n) is 5.67. The van der Waals surface area contributed by atoms with Gasteiger partial charge in [-0.3, -0.25) is 0 Å². The predicted octanol–water partition coefficient (Wildman–Crippen LogP) is 1.00. The number of ether oxygens (including phenoxy) is 1. The smallest absolute Gasteiger partial charge is 0.145 e. The first kappa shape index (κ1) is 6.75. The van der Waals surface area contributed by atoms with E-state index in [2.05, 4.69) is 6.92 Å². The summed E-state index contributed by atoms with van der Waals surface area (Å²) in [4.78, 5) is 9.81. The van der Waals surface area contributed by atoms with Gasteiger partial charge in [-0.05, 0) is 18.8 Å². The molecule has 1 fully saturated rings. The Labute approximate surface area is 55.2 Å². The molecule has 1 aliphatic rings. The topological polar surface area (TPSA) is 26.3 Å².